The molecule has 1 aliphatic heterocycles. The molecule has 2 bridgehead atoms. The van der Waals surface area contributed by atoms with E-state index in [1.54, 1.807) is 31.4 Å². The average Bonchev–Trinajstić information content (AvgIpc) is 3.13. The minimum Gasteiger partial charge on any atom is -0.497 e. The maximum atomic E-state index is 13.5. The van der Waals surface area contributed by atoms with Crippen molar-refractivity contribution in [1.82, 2.24) is 10.2 Å². The Bertz CT molecular complexity index is 1050. The number of nitrogens with one attached hydrogen (secondary N) is 2. The van der Waals surface area contributed by atoms with Crippen LogP contribution in [0.4, 0.5) is 10.5 Å². The molecule has 1 saturated carbocycles. The lowest BCUT2D eigenvalue weighted by Crippen LogP contribution is -2.53. The number of rotatable bonds is 6. The normalized spacial score (nSPS) is 26.2. The second kappa shape index (κ2) is 8.73. The second-order valence-corrected chi connectivity index (χ2v) is 8.92. The van der Waals surface area contributed by atoms with Gasteiger partial charge in [-0.05, 0) is 54.5 Å². The summed E-state index contributed by atoms with van der Waals surface area (Å²) in [5.74, 6) is -0.0812. The Morgan fingerprint density at radius 2 is 1.58 bits per heavy atom. The standard InChI is InChI=1S/C26H27N3O4/c1-33-20-13-11-19(12-14-20)27-26(32)28-21(15-16-5-3-2-4-6-16)29-24(30)22-17-7-8-18(10-9-17)23(22)25(29)31/h2-8,11-14,17-18,21-23H,9-10,15H2,1H3,(H2,27,28,32)/t17-,18-,21-,22+,23+/m0/s1. The van der Waals surface area contributed by atoms with E-state index in [0.717, 1.165) is 18.4 Å². The van der Waals surface area contributed by atoms with Gasteiger partial charge in [0, 0.05) is 12.1 Å². The van der Waals surface area contributed by atoms with Crippen LogP contribution < -0.4 is 15.4 Å². The third kappa shape index (κ3) is 3.99. The number of benzene rings is 2. The van der Waals surface area contributed by atoms with Crippen molar-refractivity contribution in [3.8, 4) is 5.75 Å². The molecule has 1 heterocycles. The van der Waals surface area contributed by atoms with Crippen molar-refractivity contribution in [3.05, 3.63) is 72.3 Å². The van der Waals surface area contributed by atoms with Crippen molar-refractivity contribution < 1.29 is 19.1 Å². The number of amides is 4. The van der Waals surface area contributed by atoms with Crippen molar-refractivity contribution in [3.63, 3.8) is 0 Å². The first-order valence-electron chi connectivity index (χ1n) is 11.4. The molecule has 0 spiro atoms. The molecule has 5 atom stereocenters. The van der Waals surface area contributed by atoms with Crippen LogP contribution in [0.25, 0.3) is 0 Å². The molecule has 0 radical (unpaired) electrons. The summed E-state index contributed by atoms with van der Waals surface area (Å²) >= 11 is 0. The molecule has 33 heavy (non-hydrogen) atoms. The zero-order valence-electron chi connectivity index (χ0n) is 18.4. The summed E-state index contributed by atoms with van der Waals surface area (Å²) < 4.78 is 5.15. The smallest absolute Gasteiger partial charge is 0.320 e. The third-order valence-corrected chi connectivity index (χ3v) is 7.02. The highest BCUT2D eigenvalue weighted by atomic mass is 16.5. The third-order valence-electron chi connectivity index (χ3n) is 7.02. The van der Waals surface area contributed by atoms with E-state index in [1.807, 2.05) is 30.3 Å². The van der Waals surface area contributed by atoms with Crippen molar-refractivity contribution in [1.29, 1.82) is 0 Å². The second-order valence-electron chi connectivity index (χ2n) is 8.92. The molecule has 4 amide bonds. The molecule has 2 aromatic rings. The summed E-state index contributed by atoms with van der Waals surface area (Å²) in [6.07, 6.45) is 5.64. The number of imide groups is 1. The highest BCUT2D eigenvalue weighted by Gasteiger charge is 2.58. The van der Waals surface area contributed by atoms with Crippen LogP contribution >= 0.6 is 0 Å². The molecule has 3 aliphatic carbocycles. The summed E-state index contributed by atoms with van der Waals surface area (Å²) in [4.78, 5) is 41.1. The fourth-order valence-corrected chi connectivity index (χ4v) is 5.44. The monoisotopic (exact) mass is 445 g/mol. The summed E-state index contributed by atoms with van der Waals surface area (Å²) in [5, 5.41) is 5.68. The molecule has 1 saturated heterocycles. The summed E-state index contributed by atoms with van der Waals surface area (Å²) in [6.45, 7) is 0. The predicted molar refractivity (Wildman–Crippen MR) is 123 cm³/mol. The number of hydrogen-bond acceptors (Lipinski definition) is 4. The number of hydrogen-bond donors (Lipinski definition) is 2. The fraction of sp³-hybridized carbons (Fsp3) is 0.346. The molecule has 2 fully saturated rings. The number of anilines is 1. The number of carbonyl (C=O) groups is 3. The number of allylic oxidation sites excluding steroid dienone is 2. The SMILES string of the molecule is COc1ccc(NC(=O)N[C@H](Cc2ccccc2)N2C(=O)[C@H]3[C@H](C2=O)[C@H]2C=C[C@H]3CC2)cc1. The molecule has 4 aliphatic rings. The van der Waals surface area contributed by atoms with Crippen LogP contribution in [-0.4, -0.2) is 36.0 Å². The number of ether oxygens (including phenoxy) is 1. The van der Waals surface area contributed by atoms with Crippen LogP contribution in [0.3, 0.4) is 0 Å². The van der Waals surface area contributed by atoms with E-state index in [-0.39, 0.29) is 35.5 Å². The van der Waals surface area contributed by atoms with E-state index < -0.39 is 12.2 Å². The Kier molecular flexibility index (Phi) is 5.62. The Morgan fingerprint density at radius 3 is 2.12 bits per heavy atom. The molecular formula is C26H27N3O4. The molecule has 6 rings (SSSR count). The van der Waals surface area contributed by atoms with Crippen LogP contribution in [0.1, 0.15) is 18.4 Å². The lowest BCUT2D eigenvalue weighted by molar-refractivity contribution is -0.143. The van der Waals surface area contributed by atoms with Gasteiger partial charge in [-0.1, -0.05) is 42.5 Å². The van der Waals surface area contributed by atoms with Gasteiger partial charge in [-0.3, -0.25) is 14.5 Å². The molecule has 0 unspecified atom stereocenters. The molecule has 2 N–H and O–H groups in total. The summed E-state index contributed by atoms with van der Waals surface area (Å²) in [7, 11) is 1.58. The molecule has 7 heteroatoms. The number of carbonyl (C=O) groups excluding carboxylic acids is 3. The van der Waals surface area contributed by atoms with Gasteiger partial charge in [0.1, 0.15) is 11.9 Å². The first-order valence-corrected chi connectivity index (χ1v) is 11.4. The van der Waals surface area contributed by atoms with E-state index in [0.29, 0.717) is 17.9 Å². The number of nitrogens with zero attached hydrogens (tertiary/aromatic N) is 1. The van der Waals surface area contributed by atoms with E-state index >= 15 is 0 Å². The van der Waals surface area contributed by atoms with Crippen LogP contribution in [-0.2, 0) is 16.0 Å². The minimum atomic E-state index is -0.768. The predicted octanol–water partition coefficient (Wildman–Crippen LogP) is 3.58. The van der Waals surface area contributed by atoms with Crippen LogP contribution in [0.5, 0.6) is 5.75 Å². The highest BCUT2D eigenvalue weighted by molar-refractivity contribution is 6.06. The maximum absolute atomic E-state index is 13.5. The molecule has 2 aromatic carbocycles. The first kappa shape index (κ1) is 21.2. The van der Waals surface area contributed by atoms with Gasteiger partial charge in [0.2, 0.25) is 11.8 Å². The Labute approximate surface area is 192 Å². The van der Waals surface area contributed by atoms with Gasteiger partial charge in [0.25, 0.3) is 0 Å². The lowest BCUT2D eigenvalue weighted by atomic mass is 9.63. The van der Waals surface area contributed by atoms with E-state index in [2.05, 4.69) is 22.8 Å². The summed E-state index contributed by atoms with van der Waals surface area (Å²) in [6, 6.07) is 16.1. The van der Waals surface area contributed by atoms with Crippen molar-refractivity contribution >= 4 is 23.5 Å². The minimum absolute atomic E-state index is 0.104. The highest BCUT2D eigenvalue weighted by Crippen LogP contribution is 2.50. The number of methoxy groups -OCH3 is 1. The Balaban J connectivity index is 1.38. The quantitative estimate of drug-likeness (QED) is 0.526. The molecular weight excluding hydrogens is 418 g/mol. The first-order chi connectivity index (χ1) is 16.0. The van der Waals surface area contributed by atoms with Crippen molar-refractivity contribution in [2.24, 2.45) is 23.7 Å². The largest absolute Gasteiger partial charge is 0.497 e. The van der Waals surface area contributed by atoms with Gasteiger partial charge in [-0.15, -0.1) is 0 Å². The van der Waals surface area contributed by atoms with Crippen molar-refractivity contribution in [2.45, 2.75) is 25.4 Å². The van der Waals surface area contributed by atoms with Gasteiger partial charge < -0.3 is 15.4 Å². The number of fused-ring (bicyclic) bond motifs is 1. The topological polar surface area (TPSA) is 87.7 Å². The summed E-state index contributed by atoms with van der Waals surface area (Å²) in [5.41, 5.74) is 1.52. The number of likely N-dealkylation sites (tertiary alicyclic amines) is 1. The molecule has 0 aromatic heterocycles. The van der Waals surface area contributed by atoms with Crippen LogP contribution in [0.2, 0.25) is 0 Å². The van der Waals surface area contributed by atoms with Crippen LogP contribution in [0.15, 0.2) is 66.7 Å². The zero-order valence-corrected chi connectivity index (χ0v) is 18.4. The van der Waals surface area contributed by atoms with Crippen LogP contribution in [0, 0.1) is 23.7 Å². The van der Waals surface area contributed by atoms with E-state index in [1.165, 1.54) is 4.90 Å². The average molecular weight is 446 g/mol. The maximum Gasteiger partial charge on any atom is 0.320 e. The van der Waals surface area contributed by atoms with Gasteiger partial charge in [0.15, 0.2) is 0 Å². The molecule has 170 valence electrons. The lowest BCUT2D eigenvalue weighted by Gasteiger charge is -2.38. The Hall–Kier alpha value is -3.61. The molecule has 7 nitrogen and oxygen atoms in total. The van der Waals surface area contributed by atoms with E-state index in [9.17, 15) is 14.4 Å². The van der Waals surface area contributed by atoms with Gasteiger partial charge >= 0.3 is 6.03 Å². The Morgan fingerprint density at radius 1 is 0.970 bits per heavy atom. The fourth-order valence-electron chi connectivity index (χ4n) is 5.44. The van der Waals surface area contributed by atoms with Gasteiger partial charge in [-0.2, -0.15) is 0 Å². The van der Waals surface area contributed by atoms with Gasteiger partial charge in [0.05, 0.1) is 18.9 Å². The number of urea groups is 1. The van der Waals surface area contributed by atoms with Gasteiger partial charge in [-0.25, -0.2) is 4.79 Å². The van der Waals surface area contributed by atoms with Crippen molar-refractivity contribution in [2.75, 3.05) is 12.4 Å². The van der Waals surface area contributed by atoms with E-state index in [4.69, 9.17) is 4.74 Å². The zero-order chi connectivity index (χ0) is 22.9.